The first-order chi connectivity index (χ1) is 5.18. The SMILES string of the molecule is CCCCCOC(=O)[C@@H](C)N.[NaH]. The number of esters is 1. The molecule has 4 heteroatoms. The third-order valence-corrected chi connectivity index (χ3v) is 1.36. The number of unbranched alkanes of at least 4 members (excludes halogenated alkanes) is 2. The van der Waals surface area contributed by atoms with Crippen molar-refractivity contribution >= 4 is 35.5 Å². The Hall–Kier alpha value is 0.430. The van der Waals surface area contributed by atoms with Crippen LogP contribution in [0.5, 0.6) is 0 Å². The molecule has 0 aromatic rings. The van der Waals surface area contributed by atoms with Crippen molar-refractivity contribution in [3.05, 3.63) is 0 Å². The van der Waals surface area contributed by atoms with Gasteiger partial charge in [-0.1, -0.05) is 19.8 Å². The quantitative estimate of drug-likeness (QED) is 0.382. The van der Waals surface area contributed by atoms with Crippen molar-refractivity contribution in [2.75, 3.05) is 6.61 Å². The molecule has 2 N–H and O–H groups in total. The van der Waals surface area contributed by atoms with Crippen molar-refractivity contribution in [2.45, 2.75) is 39.2 Å². The van der Waals surface area contributed by atoms with Crippen LogP contribution < -0.4 is 5.73 Å². The predicted octanol–water partition coefficient (Wildman–Crippen LogP) is 0.419. The van der Waals surface area contributed by atoms with E-state index in [1.165, 1.54) is 0 Å². The molecular formula is C8H18NNaO2. The summed E-state index contributed by atoms with van der Waals surface area (Å²) in [5.41, 5.74) is 5.28. The van der Waals surface area contributed by atoms with Gasteiger partial charge in [0.15, 0.2) is 0 Å². The molecule has 0 fully saturated rings. The van der Waals surface area contributed by atoms with Crippen molar-refractivity contribution in [2.24, 2.45) is 5.73 Å². The normalized spacial score (nSPS) is 11.6. The number of hydrogen-bond donors (Lipinski definition) is 1. The van der Waals surface area contributed by atoms with E-state index in [0.29, 0.717) is 6.61 Å². The number of ether oxygens (including phenoxy) is 1. The zero-order valence-corrected chi connectivity index (χ0v) is 7.30. The molecule has 0 aliphatic carbocycles. The molecular weight excluding hydrogens is 165 g/mol. The summed E-state index contributed by atoms with van der Waals surface area (Å²) in [5, 5.41) is 0. The molecule has 1 atom stereocenters. The molecule has 0 unspecified atom stereocenters. The summed E-state index contributed by atoms with van der Waals surface area (Å²) in [5.74, 6) is -0.305. The minimum absolute atomic E-state index is 0. The van der Waals surface area contributed by atoms with Gasteiger partial charge in [0.2, 0.25) is 0 Å². The molecule has 12 heavy (non-hydrogen) atoms. The third kappa shape index (κ3) is 8.53. The number of carbonyl (C=O) groups is 1. The Bertz CT molecular complexity index is 118. The Morgan fingerprint density at radius 3 is 2.50 bits per heavy atom. The van der Waals surface area contributed by atoms with Crippen LogP contribution in [-0.2, 0) is 9.53 Å². The second kappa shape index (κ2) is 9.52. The van der Waals surface area contributed by atoms with Crippen LogP contribution in [0.4, 0.5) is 0 Å². The van der Waals surface area contributed by atoms with Gasteiger partial charge in [0.05, 0.1) is 6.61 Å². The molecule has 3 nitrogen and oxygen atoms in total. The van der Waals surface area contributed by atoms with Crippen LogP contribution in [0.1, 0.15) is 33.1 Å². The molecule has 0 heterocycles. The molecule has 0 aliphatic heterocycles. The minimum atomic E-state index is -0.489. The van der Waals surface area contributed by atoms with Gasteiger partial charge in [0, 0.05) is 0 Å². The van der Waals surface area contributed by atoms with Crippen LogP contribution >= 0.6 is 0 Å². The molecule has 68 valence electrons. The third-order valence-electron chi connectivity index (χ3n) is 1.36. The fourth-order valence-electron chi connectivity index (χ4n) is 0.656. The molecule has 0 amide bonds. The van der Waals surface area contributed by atoms with Gasteiger partial charge < -0.3 is 10.5 Å². The Labute approximate surface area is 96.3 Å². The molecule has 0 spiro atoms. The van der Waals surface area contributed by atoms with Gasteiger partial charge in [0.25, 0.3) is 0 Å². The number of hydrogen-bond acceptors (Lipinski definition) is 3. The van der Waals surface area contributed by atoms with Crippen LogP contribution in [-0.4, -0.2) is 48.2 Å². The Kier molecular flexibility index (Phi) is 11.8. The van der Waals surface area contributed by atoms with E-state index in [9.17, 15) is 4.79 Å². The monoisotopic (exact) mass is 183 g/mol. The zero-order chi connectivity index (χ0) is 8.69. The Balaban J connectivity index is 0. The van der Waals surface area contributed by atoms with E-state index in [1.54, 1.807) is 6.92 Å². The molecule has 0 radical (unpaired) electrons. The first kappa shape index (κ1) is 14.9. The van der Waals surface area contributed by atoms with Crippen molar-refractivity contribution in [1.82, 2.24) is 0 Å². The van der Waals surface area contributed by atoms with Crippen molar-refractivity contribution in [3.63, 3.8) is 0 Å². The Morgan fingerprint density at radius 2 is 2.08 bits per heavy atom. The fourth-order valence-corrected chi connectivity index (χ4v) is 0.656. The van der Waals surface area contributed by atoms with E-state index >= 15 is 0 Å². The van der Waals surface area contributed by atoms with Gasteiger partial charge in [-0.15, -0.1) is 0 Å². The van der Waals surface area contributed by atoms with E-state index in [0.717, 1.165) is 19.3 Å². The van der Waals surface area contributed by atoms with Crippen LogP contribution in [0, 0.1) is 0 Å². The number of nitrogens with two attached hydrogens (primary N) is 1. The zero-order valence-electron chi connectivity index (χ0n) is 7.30. The molecule has 0 aromatic heterocycles. The maximum atomic E-state index is 10.8. The number of rotatable bonds is 5. The van der Waals surface area contributed by atoms with Crippen molar-refractivity contribution < 1.29 is 9.53 Å². The van der Waals surface area contributed by atoms with E-state index < -0.39 is 6.04 Å². The van der Waals surface area contributed by atoms with E-state index in [2.05, 4.69) is 6.92 Å². The predicted molar refractivity (Wildman–Crippen MR) is 51.3 cm³/mol. The first-order valence-electron chi connectivity index (χ1n) is 4.10. The first-order valence-corrected chi connectivity index (χ1v) is 4.10. The second-order valence-corrected chi connectivity index (χ2v) is 2.66. The Morgan fingerprint density at radius 1 is 1.50 bits per heavy atom. The standard InChI is InChI=1S/C8H17NO2.Na.H/c1-3-4-5-6-11-8(10)7(2)9;;/h7H,3-6,9H2,1-2H3;;/t7-;;/m1../s1. The topological polar surface area (TPSA) is 52.3 Å². The number of carbonyl (C=O) groups excluding carboxylic acids is 1. The molecule has 0 aromatic carbocycles. The van der Waals surface area contributed by atoms with E-state index in [1.807, 2.05) is 0 Å². The van der Waals surface area contributed by atoms with Gasteiger partial charge in [0.1, 0.15) is 6.04 Å². The van der Waals surface area contributed by atoms with Gasteiger partial charge in [-0.05, 0) is 13.3 Å². The molecule has 0 aliphatic rings. The van der Waals surface area contributed by atoms with Crippen LogP contribution in [0.15, 0.2) is 0 Å². The van der Waals surface area contributed by atoms with Crippen molar-refractivity contribution in [1.29, 1.82) is 0 Å². The summed E-state index contributed by atoms with van der Waals surface area (Å²) in [6, 6.07) is -0.489. The summed E-state index contributed by atoms with van der Waals surface area (Å²) < 4.78 is 4.84. The second-order valence-electron chi connectivity index (χ2n) is 2.66. The summed E-state index contributed by atoms with van der Waals surface area (Å²) in [4.78, 5) is 10.8. The fraction of sp³-hybridized carbons (Fsp3) is 0.875. The molecule has 0 saturated carbocycles. The van der Waals surface area contributed by atoms with Gasteiger partial charge >= 0.3 is 35.5 Å². The summed E-state index contributed by atoms with van der Waals surface area (Å²) in [6.45, 7) is 4.24. The van der Waals surface area contributed by atoms with Crippen LogP contribution in [0.25, 0.3) is 0 Å². The maximum absolute atomic E-state index is 10.8. The summed E-state index contributed by atoms with van der Waals surface area (Å²) in [7, 11) is 0. The average molecular weight is 183 g/mol. The van der Waals surface area contributed by atoms with Gasteiger partial charge in [-0.2, -0.15) is 0 Å². The van der Waals surface area contributed by atoms with E-state index in [-0.39, 0.29) is 35.5 Å². The summed E-state index contributed by atoms with van der Waals surface area (Å²) in [6.07, 6.45) is 3.18. The molecule has 0 rings (SSSR count). The van der Waals surface area contributed by atoms with Crippen molar-refractivity contribution in [3.8, 4) is 0 Å². The molecule has 0 bridgehead atoms. The van der Waals surface area contributed by atoms with Crippen LogP contribution in [0.3, 0.4) is 0 Å². The van der Waals surface area contributed by atoms with Gasteiger partial charge in [-0.25, -0.2) is 0 Å². The van der Waals surface area contributed by atoms with Crippen LogP contribution in [0.2, 0.25) is 0 Å². The van der Waals surface area contributed by atoms with E-state index in [4.69, 9.17) is 10.5 Å². The molecule has 0 saturated heterocycles. The summed E-state index contributed by atoms with van der Waals surface area (Å²) >= 11 is 0. The van der Waals surface area contributed by atoms with Gasteiger partial charge in [-0.3, -0.25) is 4.79 Å². The average Bonchev–Trinajstić information content (AvgIpc) is 1.97.